The minimum atomic E-state index is -0.457. The molecule has 4 nitrogen and oxygen atoms in total. The van der Waals surface area contributed by atoms with Crippen molar-refractivity contribution < 1.29 is 18.8 Å². The van der Waals surface area contributed by atoms with Gasteiger partial charge in [-0.1, -0.05) is 23.2 Å². The van der Waals surface area contributed by atoms with E-state index >= 15 is 0 Å². The number of nitrogens with one attached hydrogen (secondary N) is 1. The Morgan fingerprint density at radius 2 is 1.60 bits per heavy atom. The Hall–Kier alpha value is -2.24. The zero-order valence-electron chi connectivity index (χ0n) is 13.0. The number of hydrogen-bond acceptors (Lipinski definition) is 3. The predicted octanol–water partition coefficient (Wildman–Crippen LogP) is 4.69. The summed E-state index contributed by atoms with van der Waals surface area (Å²) in [7, 11) is 0. The smallest absolute Gasteiger partial charge is 0.224 e. The number of halogens is 3. The Morgan fingerprint density at radius 3 is 2.24 bits per heavy atom. The average molecular weight is 382 g/mol. The van der Waals surface area contributed by atoms with E-state index < -0.39 is 11.6 Å². The zero-order chi connectivity index (χ0) is 18.4. The van der Waals surface area contributed by atoms with Crippen LogP contribution in [0.2, 0.25) is 10.0 Å². The van der Waals surface area contributed by atoms with Gasteiger partial charge < -0.3 is 5.32 Å². The van der Waals surface area contributed by atoms with Crippen LogP contribution in [0, 0.1) is 5.82 Å². The van der Waals surface area contributed by atoms with Gasteiger partial charge in [0.25, 0.3) is 0 Å². The topological polar surface area (TPSA) is 63.2 Å². The van der Waals surface area contributed by atoms with Gasteiger partial charge in [0, 0.05) is 24.1 Å². The first-order chi connectivity index (χ1) is 11.8. The van der Waals surface area contributed by atoms with Crippen LogP contribution in [0.1, 0.15) is 29.6 Å². The van der Waals surface area contributed by atoms with Gasteiger partial charge in [-0.15, -0.1) is 0 Å². The predicted molar refractivity (Wildman–Crippen MR) is 94.7 cm³/mol. The number of Topliss-reactive ketones (excluding diaryl/α,β-unsaturated/α-hetero) is 2. The van der Waals surface area contributed by atoms with E-state index in [1.54, 1.807) is 12.1 Å². The molecule has 2 aromatic rings. The summed E-state index contributed by atoms with van der Waals surface area (Å²) in [6, 6.07) is 9.59. The number of ketones is 2. The second kappa shape index (κ2) is 8.74. The molecule has 0 atom stereocenters. The van der Waals surface area contributed by atoms with Gasteiger partial charge in [0.1, 0.15) is 11.6 Å². The summed E-state index contributed by atoms with van der Waals surface area (Å²) in [6.45, 7) is 0. The van der Waals surface area contributed by atoms with Gasteiger partial charge in [0.15, 0.2) is 5.78 Å². The fraction of sp³-hybridized carbons (Fsp3) is 0.167. The van der Waals surface area contributed by atoms with Crippen molar-refractivity contribution in [1.82, 2.24) is 0 Å². The number of anilines is 1. The summed E-state index contributed by atoms with van der Waals surface area (Å²) in [6.07, 6.45) is -0.457. The van der Waals surface area contributed by atoms with Gasteiger partial charge in [-0.05, 0) is 42.5 Å². The monoisotopic (exact) mass is 381 g/mol. The maximum atomic E-state index is 12.8. The molecule has 0 saturated carbocycles. The molecule has 0 bridgehead atoms. The largest absolute Gasteiger partial charge is 0.326 e. The van der Waals surface area contributed by atoms with Crippen molar-refractivity contribution in [1.29, 1.82) is 0 Å². The minimum Gasteiger partial charge on any atom is -0.326 e. The van der Waals surface area contributed by atoms with Crippen LogP contribution < -0.4 is 5.32 Å². The van der Waals surface area contributed by atoms with Crippen LogP contribution in [0.5, 0.6) is 0 Å². The first-order valence-electron chi connectivity index (χ1n) is 7.40. The van der Waals surface area contributed by atoms with E-state index in [2.05, 4.69) is 5.32 Å². The van der Waals surface area contributed by atoms with Crippen LogP contribution in [0.4, 0.5) is 10.1 Å². The van der Waals surface area contributed by atoms with Crippen LogP contribution in [0.3, 0.4) is 0 Å². The van der Waals surface area contributed by atoms with Crippen molar-refractivity contribution in [2.75, 3.05) is 5.32 Å². The Labute approximate surface area is 153 Å². The van der Waals surface area contributed by atoms with E-state index in [0.29, 0.717) is 15.7 Å². The highest BCUT2D eigenvalue weighted by atomic mass is 35.5. The van der Waals surface area contributed by atoms with E-state index in [1.807, 2.05) is 0 Å². The lowest BCUT2D eigenvalue weighted by Crippen LogP contribution is -2.15. The summed E-state index contributed by atoms with van der Waals surface area (Å²) in [4.78, 5) is 35.6. The molecule has 0 aliphatic heterocycles. The molecule has 7 heteroatoms. The third kappa shape index (κ3) is 5.96. The molecule has 0 saturated heterocycles. The number of amides is 1. The lowest BCUT2D eigenvalue weighted by atomic mass is 10.0. The van der Waals surface area contributed by atoms with Crippen molar-refractivity contribution in [3.05, 3.63) is 63.9 Å². The van der Waals surface area contributed by atoms with Crippen molar-refractivity contribution in [2.24, 2.45) is 0 Å². The maximum absolute atomic E-state index is 12.8. The molecule has 1 N–H and O–H groups in total. The molecular formula is C18H14Cl2FNO3. The second-order valence-corrected chi connectivity index (χ2v) is 6.14. The lowest BCUT2D eigenvalue weighted by Gasteiger charge is -2.06. The average Bonchev–Trinajstić information content (AvgIpc) is 2.57. The quantitative estimate of drug-likeness (QED) is 0.558. The van der Waals surface area contributed by atoms with E-state index in [0.717, 1.165) is 12.1 Å². The summed E-state index contributed by atoms with van der Waals surface area (Å²) in [5.41, 5.74) is 0.726. The van der Waals surface area contributed by atoms with E-state index in [4.69, 9.17) is 23.2 Å². The second-order valence-electron chi connectivity index (χ2n) is 5.32. The summed E-state index contributed by atoms with van der Waals surface area (Å²) < 4.78 is 12.8. The zero-order valence-corrected chi connectivity index (χ0v) is 14.5. The molecule has 1 amide bonds. The number of carbonyl (C=O) groups is 3. The highest BCUT2D eigenvalue weighted by Crippen LogP contribution is 2.25. The maximum Gasteiger partial charge on any atom is 0.224 e. The van der Waals surface area contributed by atoms with Gasteiger partial charge in [-0.2, -0.15) is 0 Å². The van der Waals surface area contributed by atoms with Crippen LogP contribution in [0.15, 0.2) is 42.5 Å². The normalized spacial score (nSPS) is 10.4. The summed E-state index contributed by atoms with van der Waals surface area (Å²) in [5.74, 6) is -1.60. The van der Waals surface area contributed by atoms with Crippen LogP contribution in [-0.4, -0.2) is 17.5 Å². The highest BCUT2D eigenvalue weighted by molar-refractivity contribution is 6.42. The summed E-state index contributed by atoms with van der Waals surface area (Å²) >= 11 is 11.6. The van der Waals surface area contributed by atoms with Crippen molar-refractivity contribution in [3.63, 3.8) is 0 Å². The third-order valence-corrected chi connectivity index (χ3v) is 4.10. The molecule has 0 spiro atoms. The molecule has 0 aromatic heterocycles. The minimum absolute atomic E-state index is 0.0597. The third-order valence-electron chi connectivity index (χ3n) is 3.36. The van der Waals surface area contributed by atoms with E-state index in [-0.39, 0.29) is 36.5 Å². The molecule has 0 fully saturated rings. The first-order valence-corrected chi connectivity index (χ1v) is 8.16. The van der Waals surface area contributed by atoms with Gasteiger partial charge in [-0.25, -0.2) is 4.39 Å². The lowest BCUT2D eigenvalue weighted by molar-refractivity contribution is -0.122. The molecule has 0 heterocycles. The molecule has 0 aliphatic rings. The molecule has 2 aromatic carbocycles. The number of benzene rings is 2. The Bertz CT molecular complexity index is 806. The number of hydrogen-bond donors (Lipinski definition) is 1. The van der Waals surface area contributed by atoms with Gasteiger partial charge >= 0.3 is 0 Å². The van der Waals surface area contributed by atoms with Gasteiger partial charge in [0.05, 0.1) is 16.5 Å². The molecule has 25 heavy (non-hydrogen) atoms. The Morgan fingerprint density at radius 1 is 0.920 bits per heavy atom. The van der Waals surface area contributed by atoms with Crippen LogP contribution >= 0.6 is 23.2 Å². The van der Waals surface area contributed by atoms with Crippen molar-refractivity contribution in [2.45, 2.75) is 19.3 Å². The van der Waals surface area contributed by atoms with Crippen molar-refractivity contribution >= 4 is 46.4 Å². The molecular weight excluding hydrogens is 368 g/mol. The number of rotatable bonds is 7. The SMILES string of the molecule is O=C(CCC(=O)Nc1ccc(Cl)c(Cl)c1)CC(=O)c1ccc(F)cc1. The fourth-order valence-electron chi connectivity index (χ4n) is 2.06. The Kier molecular flexibility index (Phi) is 6.67. The van der Waals surface area contributed by atoms with Crippen LogP contribution in [-0.2, 0) is 9.59 Å². The number of carbonyl (C=O) groups excluding carboxylic acids is 3. The Balaban J connectivity index is 1.80. The molecule has 130 valence electrons. The highest BCUT2D eigenvalue weighted by Gasteiger charge is 2.14. The molecule has 0 radical (unpaired) electrons. The first kappa shape index (κ1) is 19.1. The standard InChI is InChI=1S/C18H14Cl2FNO3/c19-15-7-5-13(9-16(15)20)22-18(25)8-6-14(23)10-17(24)11-1-3-12(21)4-2-11/h1-5,7,9H,6,8,10H2,(H,22,25). The fourth-order valence-corrected chi connectivity index (χ4v) is 2.35. The van der Waals surface area contributed by atoms with E-state index in [1.165, 1.54) is 18.2 Å². The van der Waals surface area contributed by atoms with Gasteiger partial charge in [0.2, 0.25) is 5.91 Å². The summed E-state index contributed by atoms with van der Waals surface area (Å²) in [5, 5.41) is 3.27. The molecule has 0 aliphatic carbocycles. The molecule has 2 rings (SSSR count). The molecule has 0 unspecified atom stereocenters. The van der Waals surface area contributed by atoms with Crippen LogP contribution in [0.25, 0.3) is 0 Å². The van der Waals surface area contributed by atoms with E-state index in [9.17, 15) is 18.8 Å². The van der Waals surface area contributed by atoms with Crippen molar-refractivity contribution in [3.8, 4) is 0 Å². The van der Waals surface area contributed by atoms with Gasteiger partial charge in [-0.3, -0.25) is 14.4 Å².